The van der Waals surface area contributed by atoms with E-state index in [4.69, 9.17) is 9.47 Å². The van der Waals surface area contributed by atoms with Gasteiger partial charge in [0.05, 0.1) is 13.2 Å². The summed E-state index contributed by atoms with van der Waals surface area (Å²) < 4.78 is 10.3. The number of carbonyl (C=O) groups is 3. The second kappa shape index (κ2) is 15.4. The normalized spacial score (nSPS) is 16.3. The van der Waals surface area contributed by atoms with Crippen LogP contribution in [0.2, 0.25) is 0 Å². The van der Waals surface area contributed by atoms with Gasteiger partial charge in [-0.15, -0.1) is 0 Å². The van der Waals surface area contributed by atoms with Crippen molar-refractivity contribution < 1.29 is 23.9 Å². The minimum atomic E-state index is -0.682. The molecular weight excluding hydrogens is 430 g/mol. The third kappa shape index (κ3) is 11.9. The first kappa shape index (κ1) is 30.5. The molecule has 0 fully saturated rings. The zero-order valence-electron chi connectivity index (χ0n) is 21.4. The molecule has 5 atom stereocenters. The Hall–Kier alpha value is -1.48. The molecule has 0 rings (SSSR count). The SMILES string of the molecule is CC[C@H](C)[C@H](NC[C@@H](NC(=O)OC(C)(C)C)[C@@H](C)CC)C(=O)N[C@@H](CCSC)C(=O)OC. The van der Waals surface area contributed by atoms with Gasteiger partial charge in [0, 0.05) is 12.6 Å². The van der Waals surface area contributed by atoms with E-state index in [0.717, 1.165) is 18.6 Å². The van der Waals surface area contributed by atoms with Gasteiger partial charge in [-0.05, 0) is 51.0 Å². The summed E-state index contributed by atoms with van der Waals surface area (Å²) in [5.41, 5.74) is -0.587. The van der Waals surface area contributed by atoms with Crippen LogP contribution in [0.5, 0.6) is 0 Å². The van der Waals surface area contributed by atoms with Crippen LogP contribution in [0.4, 0.5) is 4.79 Å². The number of hydrogen-bond acceptors (Lipinski definition) is 7. The molecule has 0 bridgehead atoms. The predicted octanol–water partition coefficient (Wildman–Crippen LogP) is 3.34. The summed E-state index contributed by atoms with van der Waals surface area (Å²) in [5.74, 6) is 0.264. The van der Waals surface area contributed by atoms with E-state index in [9.17, 15) is 14.4 Å². The highest BCUT2D eigenvalue weighted by molar-refractivity contribution is 7.98. The zero-order valence-corrected chi connectivity index (χ0v) is 22.2. The molecule has 0 aliphatic carbocycles. The lowest BCUT2D eigenvalue weighted by Crippen LogP contribution is -2.56. The highest BCUT2D eigenvalue weighted by atomic mass is 32.2. The van der Waals surface area contributed by atoms with Crippen LogP contribution in [-0.4, -0.2) is 67.4 Å². The largest absolute Gasteiger partial charge is 0.467 e. The molecule has 188 valence electrons. The minimum absolute atomic E-state index is 0.0351. The third-order valence-electron chi connectivity index (χ3n) is 5.50. The molecule has 0 radical (unpaired) electrons. The zero-order chi connectivity index (χ0) is 24.9. The molecule has 9 heteroatoms. The van der Waals surface area contributed by atoms with E-state index in [1.54, 1.807) is 11.8 Å². The summed E-state index contributed by atoms with van der Waals surface area (Å²) in [7, 11) is 1.32. The second-order valence-electron chi connectivity index (χ2n) is 9.28. The fourth-order valence-electron chi connectivity index (χ4n) is 3.07. The van der Waals surface area contributed by atoms with Crippen molar-refractivity contribution >= 4 is 29.7 Å². The quantitative estimate of drug-likeness (QED) is 0.331. The second-order valence-corrected chi connectivity index (χ2v) is 10.3. The van der Waals surface area contributed by atoms with Gasteiger partial charge in [-0.1, -0.05) is 40.5 Å². The van der Waals surface area contributed by atoms with Crippen LogP contribution in [0.25, 0.3) is 0 Å². The van der Waals surface area contributed by atoms with Crippen molar-refractivity contribution in [3.63, 3.8) is 0 Å². The number of thioether (sulfide) groups is 1. The van der Waals surface area contributed by atoms with Gasteiger partial charge in [0.1, 0.15) is 11.6 Å². The number of nitrogens with one attached hydrogen (secondary N) is 3. The van der Waals surface area contributed by atoms with E-state index in [0.29, 0.717) is 13.0 Å². The molecule has 3 N–H and O–H groups in total. The molecule has 0 aliphatic heterocycles. The third-order valence-corrected chi connectivity index (χ3v) is 6.14. The van der Waals surface area contributed by atoms with Crippen LogP contribution in [0.1, 0.15) is 67.7 Å². The number of rotatable bonds is 14. The Labute approximate surface area is 198 Å². The van der Waals surface area contributed by atoms with Crippen molar-refractivity contribution in [2.75, 3.05) is 25.7 Å². The van der Waals surface area contributed by atoms with Crippen LogP contribution in [0, 0.1) is 11.8 Å². The summed E-state index contributed by atoms with van der Waals surface area (Å²) in [6.45, 7) is 14.0. The standard InChI is InChI=1S/C23H45N3O5S/c1-10-15(3)18(26-22(29)31-23(5,6)7)14-24-19(16(4)11-2)20(27)25-17(12-13-32-9)21(28)30-8/h15-19,24H,10-14H2,1-9H3,(H,25,27)(H,26,29)/t15-,16-,17-,18+,19-/m0/s1. The van der Waals surface area contributed by atoms with Crippen molar-refractivity contribution in [3.8, 4) is 0 Å². The van der Waals surface area contributed by atoms with Crippen LogP contribution in [0.3, 0.4) is 0 Å². The molecule has 0 aromatic rings. The maximum absolute atomic E-state index is 13.1. The molecule has 0 unspecified atom stereocenters. The molecule has 0 heterocycles. The van der Waals surface area contributed by atoms with Gasteiger partial charge < -0.3 is 25.4 Å². The van der Waals surface area contributed by atoms with Crippen molar-refractivity contribution in [2.24, 2.45) is 11.8 Å². The van der Waals surface area contributed by atoms with E-state index in [-0.39, 0.29) is 23.8 Å². The Morgan fingerprint density at radius 3 is 2.06 bits per heavy atom. The smallest absolute Gasteiger partial charge is 0.407 e. The Bertz CT molecular complexity index is 582. The van der Waals surface area contributed by atoms with E-state index >= 15 is 0 Å². The first-order valence-corrected chi connectivity index (χ1v) is 12.9. The molecule has 2 amide bonds. The van der Waals surface area contributed by atoms with Gasteiger partial charge >= 0.3 is 12.1 Å². The topological polar surface area (TPSA) is 106 Å². The Morgan fingerprint density at radius 2 is 1.59 bits per heavy atom. The summed E-state index contributed by atoms with van der Waals surface area (Å²) in [6, 6.07) is -1.39. The highest BCUT2D eigenvalue weighted by Crippen LogP contribution is 2.14. The molecule has 0 aliphatic rings. The number of hydrogen-bond donors (Lipinski definition) is 3. The number of ether oxygens (including phenoxy) is 2. The lowest BCUT2D eigenvalue weighted by Gasteiger charge is -2.31. The van der Waals surface area contributed by atoms with Gasteiger partial charge in [-0.3, -0.25) is 4.79 Å². The Balaban J connectivity index is 5.33. The van der Waals surface area contributed by atoms with Crippen LogP contribution >= 0.6 is 11.8 Å². The summed E-state index contributed by atoms with van der Waals surface area (Å²) in [4.78, 5) is 37.5. The van der Waals surface area contributed by atoms with Crippen molar-refractivity contribution in [2.45, 2.75) is 91.5 Å². The fraction of sp³-hybridized carbons (Fsp3) is 0.870. The molecule has 8 nitrogen and oxygen atoms in total. The lowest BCUT2D eigenvalue weighted by atomic mass is 9.95. The molecule has 0 saturated carbocycles. The fourth-order valence-corrected chi connectivity index (χ4v) is 3.54. The molecule has 0 saturated heterocycles. The molecule has 0 aromatic heterocycles. The number of esters is 1. The number of amides is 2. The Kier molecular flexibility index (Phi) is 14.7. The minimum Gasteiger partial charge on any atom is -0.467 e. The molecule has 0 spiro atoms. The van der Waals surface area contributed by atoms with E-state index in [1.807, 2.05) is 40.9 Å². The van der Waals surface area contributed by atoms with Crippen LogP contribution in [0.15, 0.2) is 0 Å². The first-order valence-electron chi connectivity index (χ1n) is 11.5. The molecular formula is C23H45N3O5S. The summed E-state index contributed by atoms with van der Waals surface area (Å²) >= 11 is 1.61. The first-order chi connectivity index (χ1) is 14.9. The number of alkyl carbamates (subject to hydrolysis) is 1. The van der Waals surface area contributed by atoms with Gasteiger partial charge in [0.25, 0.3) is 0 Å². The van der Waals surface area contributed by atoms with Crippen molar-refractivity contribution in [3.05, 3.63) is 0 Å². The van der Waals surface area contributed by atoms with Gasteiger partial charge in [-0.25, -0.2) is 9.59 Å². The predicted molar refractivity (Wildman–Crippen MR) is 131 cm³/mol. The summed E-state index contributed by atoms with van der Waals surface area (Å²) in [5, 5.41) is 9.13. The van der Waals surface area contributed by atoms with Gasteiger partial charge in [0.2, 0.25) is 5.91 Å². The maximum Gasteiger partial charge on any atom is 0.407 e. The average Bonchev–Trinajstić information content (AvgIpc) is 2.72. The van der Waals surface area contributed by atoms with Crippen molar-refractivity contribution in [1.82, 2.24) is 16.0 Å². The van der Waals surface area contributed by atoms with Crippen LogP contribution < -0.4 is 16.0 Å². The monoisotopic (exact) mass is 475 g/mol. The van der Waals surface area contributed by atoms with Gasteiger partial charge in [-0.2, -0.15) is 11.8 Å². The Morgan fingerprint density at radius 1 is 1.00 bits per heavy atom. The van der Waals surface area contributed by atoms with Gasteiger partial charge in [0.15, 0.2) is 0 Å². The average molecular weight is 476 g/mol. The lowest BCUT2D eigenvalue weighted by molar-refractivity contribution is -0.145. The highest BCUT2D eigenvalue weighted by Gasteiger charge is 2.30. The van der Waals surface area contributed by atoms with Crippen LogP contribution in [-0.2, 0) is 19.1 Å². The number of methoxy groups -OCH3 is 1. The van der Waals surface area contributed by atoms with Crippen molar-refractivity contribution in [1.29, 1.82) is 0 Å². The van der Waals surface area contributed by atoms with E-state index in [1.165, 1.54) is 7.11 Å². The van der Waals surface area contributed by atoms with E-state index < -0.39 is 29.7 Å². The number of carbonyl (C=O) groups excluding carboxylic acids is 3. The van der Waals surface area contributed by atoms with E-state index in [2.05, 4.69) is 29.8 Å². The molecule has 32 heavy (non-hydrogen) atoms. The summed E-state index contributed by atoms with van der Waals surface area (Å²) in [6.07, 6.45) is 3.62. The molecule has 0 aromatic carbocycles. The maximum atomic E-state index is 13.1.